The summed E-state index contributed by atoms with van der Waals surface area (Å²) in [4.78, 5) is 5.67. The second-order valence-corrected chi connectivity index (χ2v) is 6.00. The number of aromatic nitrogens is 2. The minimum Gasteiger partial charge on any atom is -0.297 e. The molecule has 1 saturated carbocycles. The minimum absolute atomic E-state index is 0.406. The van der Waals surface area contributed by atoms with Crippen molar-refractivity contribution in [3.8, 4) is 0 Å². The van der Waals surface area contributed by atoms with Gasteiger partial charge in [0.15, 0.2) is 4.96 Å². The summed E-state index contributed by atoms with van der Waals surface area (Å²) in [6.45, 7) is 0. The average Bonchev–Trinajstić information content (AvgIpc) is 2.91. The first-order valence-corrected chi connectivity index (χ1v) is 7.19. The number of thiazole rings is 1. The van der Waals surface area contributed by atoms with E-state index in [-0.39, 0.29) is 0 Å². The molecule has 1 fully saturated rings. The summed E-state index contributed by atoms with van der Waals surface area (Å²) < 4.78 is 2.10. The Bertz CT molecular complexity index is 444. The largest absolute Gasteiger partial charge is 0.297 e. The quantitative estimate of drug-likeness (QED) is 0.743. The number of imidazole rings is 1. The van der Waals surface area contributed by atoms with Gasteiger partial charge in [-0.05, 0) is 38.0 Å². The van der Waals surface area contributed by atoms with Crippen LogP contribution in [-0.2, 0) is 6.42 Å². The van der Waals surface area contributed by atoms with Crippen LogP contribution in [0.5, 0.6) is 0 Å². The van der Waals surface area contributed by atoms with Crippen LogP contribution in [0.1, 0.15) is 31.4 Å². The Morgan fingerprint density at radius 3 is 3.19 bits per heavy atom. The van der Waals surface area contributed by atoms with E-state index in [4.69, 9.17) is 11.6 Å². The van der Waals surface area contributed by atoms with Gasteiger partial charge in [0.2, 0.25) is 0 Å². The van der Waals surface area contributed by atoms with Gasteiger partial charge in [-0.3, -0.25) is 4.40 Å². The van der Waals surface area contributed by atoms with Crippen LogP contribution in [0.15, 0.2) is 17.8 Å². The lowest BCUT2D eigenvalue weighted by Crippen LogP contribution is -2.01. The van der Waals surface area contributed by atoms with Crippen molar-refractivity contribution in [2.45, 2.75) is 37.5 Å². The Hall–Kier alpha value is -0.540. The Morgan fingerprint density at radius 2 is 2.44 bits per heavy atom. The zero-order valence-corrected chi connectivity index (χ0v) is 10.7. The topological polar surface area (TPSA) is 17.3 Å². The van der Waals surface area contributed by atoms with E-state index in [2.05, 4.69) is 27.2 Å². The fourth-order valence-electron chi connectivity index (χ4n) is 2.07. The van der Waals surface area contributed by atoms with Crippen LogP contribution in [0.3, 0.4) is 0 Å². The minimum atomic E-state index is 0.406. The molecule has 0 N–H and O–H groups in total. The van der Waals surface area contributed by atoms with Crippen molar-refractivity contribution in [1.29, 1.82) is 0 Å². The standard InChI is InChI=1S/C12H15ClN2S/c13-11(9-4-5-9)3-1-2-10-8-15-6-7-16-12(15)14-10/h6-9,11H,1-5H2. The van der Waals surface area contributed by atoms with Gasteiger partial charge in [0.05, 0.1) is 5.69 Å². The van der Waals surface area contributed by atoms with Crippen LogP contribution >= 0.6 is 22.9 Å². The predicted octanol–water partition coefficient (Wildman–Crippen LogP) is 3.74. The molecule has 1 aliphatic carbocycles. The van der Waals surface area contributed by atoms with Crippen LogP contribution in [0.2, 0.25) is 0 Å². The molecule has 1 aliphatic rings. The lowest BCUT2D eigenvalue weighted by Gasteiger charge is -2.05. The Morgan fingerprint density at radius 1 is 1.56 bits per heavy atom. The third kappa shape index (κ3) is 2.25. The van der Waals surface area contributed by atoms with E-state index in [1.165, 1.54) is 18.5 Å². The average molecular weight is 255 g/mol. The summed E-state index contributed by atoms with van der Waals surface area (Å²) in [5.41, 5.74) is 1.20. The second kappa shape index (κ2) is 4.38. The highest BCUT2D eigenvalue weighted by Gasteiger charge is 2.28. The van der Waals surface area contributed by atoms with E-state index < -0.39 is 0 Å². The molecule has 1 unspecified atom stereocenters. The summed E-state index contributed by atoms with van der Waals surface area (Å²) in [6.07, 6.45) is 10.2. The molecule has 3 rings (SSSR count). The van der Waals surface area contributed by atoms with Crippen LogP contribution in [-0.4, -0.2) is 14.8 Å². The number of fused-ring (bicyclic) bond motifs is 1. The lowest BCUT2D eigenvalue weighted by molar-refractivity contribution is 0.634. The number of rotatable bonds is 5. The van der Waals surface area contributed by atoms with Gasteiger partial charge in [0.25, 0.3) is 0 Å². The Labute approximate surface area is 104 Å². The van der Waals surface area contributed by atoms with Crippen molar-refractivity contribution in [3.63, 3.8) is 0 Å². The van der Waals surface area contributed by atoms with Gasteiger partial charge < -0.3 is 0 Å². The van der Waals surface area contributed by atoms with E-state index in [0.29, 0.717) is 5.38 Å². The SMILES string of the molecule is ClC(CCCc1cn2ccsc2n1)C1CC1. The normalized spacial score (nSPS) is 18.1. The van der Waals surface area contributed by atoms with Gasteiger partial charge in [-0.25, -0.2) is 4.98 Å². The maximum atomic E-state index is 6.28. The number of alkyl halides is 1. The van der Waals surface area contributed by atoms with Crippen molar-refractivity contribution in [2.24, 2.45) is 5.92 Å². The third-order valence-electron chi connectivity index (χ3n) is 3.19. The van der Waals surface area contributed by atoms with Gasteiger partial charge in [-0.15, -0.1) is 22.9 Å². The van der Waals surface area contributed by atoms with Gasteiger partial charge in [0, 0.05) is 23.2 Å². The van der Waals surface area contributed by atoms with E-state index >= 15 is 0 Å². The highest BCUT2D eigenvalue weighted by Crippen LogP contribution is 2.37. The molecule has 2 aromatic heterocycles. The van der Waals surface area contributed by atoms with E-state index in [0.717, 1.165) is 30.1 Å². The molecule has 2 heterocycles. The number of aryl methyl sites for hydroxylation is 1. The Balaban J connectivity index is 1.52. The van der Waals surface area contributed by atoms with E-state index in [1.54, 1.807) is 11.3 Å². The molecule has 86 valence electrons. The summed E-state index contributed by atoms with van der Waals surface area (Å²) in [5, 5.41) is 2.47. The number of halogens is 1. The fraction of sp³-hybridized carbons (Fsp3) is 0.583. The van der Waals surface area contributed by atoms with Gasteiger partial charge in [-0.1, -0.05) is 0 Å². The van der Waals surface area contributed by atoms with E-state index in [1.807, 2.05) is 0 Å². The molecule has 2 nitrogen and oxygen atoms in total. The molecule has 0 radical (unpaired) electrons. The van der Waals surface area contributed by atoms with E-state index in [9.17, 15) is 0 Å². The predicted molar refractivity (Wildman–Crippen MR) is 68.4 cm³/mol. The molecule has 1 atom stereocenters. The number of nitrogens with zero attached hydrogens (tertiary/aromatic N) is 2. The van der Waals surface area contributed by atoms with Crippen LogP contribution in [0.4, 0.5) is 0 Å². The van der Waals surface area contributed by atoms with Gasteiger partial charge in [0.1, 0.15) is 0 Å². The molecule has 0 amide bonds. The summed E-state index contributed by atoms with van der Waals surface area (Å²) in [6, 6.07) is 0. The first-order valence-electron chi connectivity index (χ1n) is 5.88. The lowest BCUT2D eigenvalue weighted by atomic mass is 10.1. The molecule has 0 aromatic carbocycles. The smallest absolute Gasteiger partial charge is 0.193 e. The molecule has 16 heavy (non-hydrogen) atoms. The molecule has 0 saturated heterocycles. The van der Waals surface area contributed by atoms with Crippen LogP contribution in [0.25, 0.3) is 4.96 Å². The first-order chi connectivity index (χ1) is 7.83. The zero-order chi connectivity index (χ0) is 11.0. The van der Waals surface area contributed by atoms with Crippen molar-refractivity contribution in [2.75, 3.05) is 0 Å². The van der Waals surface area contributed by atoms with Crippen molar-refractivity contribution in [3.05, 3.63) is 23.5 Å². The molecule has 2 aromatic rings. The maximum absolute atomic E-state index is 6.28. The van der Waals surface area contributed by atoms with Crippen molar-refractivity contribution < 1.29 is 0 Å². The highest BCUT2D eigenvalue weighted by molar-refractivity contribution is 7.15. The molecular weight excluding hydrogens is 240 g/mol. The zero-order valence-electron chi connectivity index (χ0n) is 9.10. The summed E-state index contributed by atoms with van der Waals surface area (Å²) >= 11 is 7.97. The highest BCUT2D eigenvalue weighted by atomic mass is 35.5. The monoisotopic (exact) mass is 254 g/mol. The molecule has 0 spiro atoms. The van der Waals surface area contributed by atoms with Gasteiger partial charge >= 0.3 is 0 Å². The van der Waals surface area contributed by atoms with Crippen molar-refractivity contribution >= 4 is 27.9 Å². The number of hydrogen-bond donors (Lipinski definition) is 0. The number of hydrogen-bond acceptors (Lipinski definition) is 2. The molecule has 0 bridgehead atoms. The fourth-order valence-corrected chi connectivity index (χ4v) is 3.19. The third-order valence-corrected chi connectivity index (χ3v) is 4.53. The molecular formula is C12H15ClN2S. The molecule has 0 aliphatic heterocycles. The van der Waals surface area contributed by atoms with Crippen LogP contribution < -0.4 is 0 Å². The second-order valence-electron chi connectivity index (χ2n) is 4.57. The first kappa shape index (κ1) is 10.6. The van der Waals surface area contributed by atoms with Crippen molar-refractivity contribution in [1.82, 2.24) is 9.38 Å². The van der Waals surface area contributed by atoms with Crippen LogP contribution in [0, 0.1) is 5.92 Å². The maximum Gasteiger partial charge on any atom is 0.193 e. The molecule has 4 heteroatoms. The Kier molecular flexibility index (Phi) is 2.90. The summed E-state index contributed by atoms with van der Waals surface area (Å²) in [7, 11) is 0. The summed E-state index contributed by atoms with van der Waals surface area (Å²) in [5.74, 6) is 0.812. The van der Waals surface area contributed by atoms with Gasteiger partial charge in [-0.2, -0.15) is 0 Å².